The Morgan fingerprint density at radius 2 is 1.95 bits per heavy atom. The summed E-state index contributed by atoms with van der Waals surface area (Å²) in [6, 6.07) is 3.42. The van der Waals surface area contributed by atoms with Crippen LogP contribution in [0.3, 0.4) is 0 Å². The average molecular weight is 316 g/mol. The first-order valence-corrected chi connectivity index (χ1v) is 7.17. The Hall–Kier alpha value is -1.83. The zero-order valence-electron chi connectivity index (χ0n) is 11.4. The van der Waals surface area contributed by atoms with Crippen molar-refractivity contribution in [2.24, 2.45) is 0 Å². The molecule has 2 aromatic rings. The fraction of sp³-hybridized carbons (Fsp3) is 0.385. The van der Waals surface area contributed by atoms with E-state index < -0.39 is 12.7 Å². The van der Waals surface area contributed by atoms with E-state index in [0.29, 0.717) is 23.5 Å². The quantitative estimate of drug-likeness (QED) is 0.916. The molecular formula is C13H15F3N4S. The smallest absolute Gasteiger partial charge is 0.382 e. The van der Waals surface area contributed by atoms with E-state index in [-0.39, 0.29) is 5.82 Å². The van der Waals surface area contributed by atoms with E-state index >= 15 is 0 Å². The van der Waals surface area contributed by atoms with Gasteiger partial charge in [-0.15, -0.1) is 0 Å². The fourth-order valence-corrected chi connectivity index (χ4v) is 2.90. The summed E-state index contributed by atoms with van der Waals surface area (Å²) >= 11 is 0.990. The van der Waals surface area contributed by atoms with Crippen LogP contribution < -0.4 is 10.6 Å². The van der Waals surface area contributed by atoms with Gasteiger partial charge in [-0.2, -0.15) is 17.5 Å². The lowest BCUT2D eigenvalue weighted by Gasteiger charge is -2.24. The minimum absolute atomic E-state index is 0.240. The summed E-state index contributed by atoms with van der Waals surface area (Å²) < 4.78 is 42.3. The van der Waals surface area contributed by atoms with Crippen LogP contribution in [0.4, 0.5) is 24.0 Å². The van der Waals surface area contributed by atoms with Crippen LogP contribution in [0.25, 0.3) is 11.1 Å². The van der Waals surface area contributed by atoms with Crippen molar-refractivity contribution in [3.63, 3.8) is 0 Å². The summed E-state index contributed by atoms with van der Waals surface area (Å²) in [6.07, 6.45) is -0.526. The Kier molecular flexibility index (Phi) is 4.66. The monoisotopic (exact) mass is 316 g/mol. The summed E-state index contributed by atoms with van der Waals surface area (Å²) in [6.45, 7) is 1.11. The minimum Gasteiger partial charge on any atom is -0.382 e. The van der Waals surface area contributed by atoms with Gasteiger partial charge < -0.3 is 10.6 Å². The second-order valence-electron chi connectivity index (χ2n) is 4.52. The first-order valence-electron chi connectivity index (χ1n) is 6.39. The van der Waals surface area contributed by atoms with Gasteiger partial charge in [0.2, 0.25) is 0 Å². The third kappa shape index (κ3) is 3.84. The molecule has 0 spiro atoms. The summed E-state index contributed by atoms with van der Waals surface area (Å²) in [5.74, 6) is 0.240. The fourth-order valence-electron chi connectivity index (χ4n) is 2.04. The molecule has 0 fully saturated rings. The van der Waals surface area contributed by atoms with Crippen LogP contribution in [-0.4, -0.2) is 28.6 Å². The van der Waals surface area contributed by atoms with Crippen LogP contribution in [-0.2, 0) is 0 Å². The SMILES string of the molecule is CCCN(CC(F)(F)F)c1snc(N)c1-c1ccncc1. The van der Waals surface area contributed by atoms with Gasteiger partial charge in [-0.25, -0.2) is 0 Å². The van der Waals surface area contributed by atoms with Crippen molar-refractivity contribution in [1.29, 1.82) is 0 Å². The number of halogens is 3. The molecule has 2 aromatic heterocycles. The van der Waals surface area contributed by atoms with E-state index in [4.69, 9.17) is 5.73 Å². The molecule has 0 atom stereocenters. The van der Waals surface area contributed by atoms with Crippen LogP contribution >= 0.6 is 11.5 Å². The van der Waals surface area contributed by atoms with E-state index in [1.807, 2.05) is 6.92 Å². The predicted molar refractivity (Wildman–Crippen MR) is 78.3 cm³/mol. The highest BCUT2D eigenvalue weighted by atomic mass is 32.1. The summed E-state index contributed by atoms with van der Waals surface area (Å²) in [7, 11) is 0. The van der Waals surface area contributed by atoms with E-state index in [1.54, 1.807) is 24.5 Å². The molecule has 0 radical (unpaired) electrons. The van der Waals surface area contributed by atoms with Crippen molar-refractivity contribution >= 4 is 22.4 Å². The number of nitrogens with two attached hydrogens (primary N) is 1. The molecule has 0 amide bonds. The number of alkyl halides is 3. The number of hydrogen-bond acceptors (Lipinski definition) is 5. The normalized spacial score (nSPS) is 11.6. The first kappa shape index (κ1) is 15.6. The van der Waals surface area contributed by atoms with Crippen LogP contribution in [0.5, 0.6) is 0 Å². The number of pyridine rings is 1. The van der Waals surface area contributed by atoms with Gasteiger partial charge in [-0.05, 0) is 35.6 Å². The topological polar surface area (TPSA) is 55.0 Å². The Morgan fingerprint density at radius 3 is 2.52 bits per heavy atom. The van der Waals surface area contributed by atoms with Crippen molar-refractivity contribution < 1.29 is 13.2 Å². The van der Waals surface area contributed by atoms with Gasteiger partial charge >= 0.3 is 6.18 Å². The molecule has 0 unspecified atom stereocenters. The van der Waals surface area contributed by atoms with Gasteiger partial charge in [-0.3, -0.25) is 4.98 Å². The van der Waals surface area contributed by atoms with Crippen molar-refractivity contribution in [2.75, 3.05) is 23.7 Å². The maximum absolute atomic E-state index is 12.8. The van der Waals surface area contributed by atoms with Gasteiger partial charge in [0.05, 0.1) is 5.56 Å². The van der Waals surface area contributed by atoms with E-state index in [0.717, 1.165) is 17.1 Å². The maximum Gasteiger partial charge on any atom is 0.405 e. The minimum atomic E-state index is -4.27. The molecule has 0 aliphatic heterocycles. The van der Waals surface area contributed by atoms with Gasteiger partial charge in [-0.1, -0.05) is 6.92 Å². The molecule has 2 heterocycles. The van der Waals surface area contributed by atoms with Crippen molar-refractivity contribution in [3.8, 4) is 11.1 Å². The summed E-state index contributed by atoms with van der Waals surface area (Å²) in [5.41, 5.74) is 7.10. The van der Waals surface area contributed by atoms with E-state index in [9.17, 15) is 13.2 Å². The van der Waals surface area contributed by atoms with Crippen LogP contribution in [0.2, 0.25) is 0 Å². The number of anilines is 2. The van der Waals surface area contributed by atoms with E-state index in [1.165, 1.54) is 4.90 Å². The number of rotatable bonds is 5. The zero-order chi connectivity index (χ0) is 15.5. The highest BCUT2D eigenvalue weighted by molar-refractivity contribution is 7.11. The van der Waals surface area contributed by atoms with Crippen molar-refractivity contribution in [3.05, 3.63) is 24.5 Å². The number of nitrogens with zero attached hydrogens (tertiary/aromatic N) is 3. The number of hydrogen-bond donors (Lipinski definition) is 1. The molecule has 0 saturated carbocycles. The van der Waals surface area contributed by atoms with Gasteiger partial charge in [0, 0.05) is 18.9 Å². The molecule has 21 heavy (non-hydrogen) atoms. The molecule has 0 bridgehead atoms. The molecule has 4 nitrogen and oxygen atoms in total. The second kappa shape index (κ2) is 6.30. The Labute approximate surface area is 124 Å². The van der Waals surface area contributed by atoms with Crippen molar-refractivity contribution in [1.82, 2.24) is 9.36 Å². The molecule has 8 heteroatoms. The lowest BCUT2D eigenvalue weighted by atomic mass is 10.1. The Balaban J connectivity index is 2.42. The second-order valence-corrected chi connectivity index (χ2v) is 5.27. The Bertz CT molecular complexity index is 583. The third-order valence-corrected chi connectivity index (χ3v) is 3.74. The zero-order valence-corrected chi connectivity index (χ0v) is 12.2. The molecular weight excluding hydrogens is 301 g/mol. The molecule has 2 rings (SSSR count). The highest BCUT2D eigenvalue weighted by Crippen LogP contribution is 2.40. The number of nitrogen functional groups attached to an aromatic ring is 1. The molecule has 0 saturated heterocycles. The van der Waals surface area contributed by atoms with Crippen LogP contribution in [0, 0.1) is 0 Å². The Morgan fingerprint density at radius 1 is 1.29 bits per heavy atom. The standard InChI is InChI=1S/C13H15F3N4S/c1-2-7-20(8-13(14,15)16)12-10(11(17)19-21-12)9-3-5-18-6-4-9/h3-6H,2,7-8H2,1H3,(H2,17,19). The highest BCUT2D eigenvalue weighted by Gasteiger charge is 2.32. The molecule has 0 aliphatic rings. The summed E-state index contributed by atoms with van der Waals surface area (Å²) in [5, 5.41) is 0.442. The first-order chi connectivity index (χ1) is 9.92. The van der Waals surface area contributed by atoms with Gasteiger partial charge in [0.1, 0.15) is 17.4 Å². The largest absolute Gasteiger partial charge is 0.405 e. The summed E-state index contributed by atoms with van der Waals surface area (Å²) in [4.78, 5) is 5.19. The average Bonchev–Trinajstić information content (AvgIpc) is 2.80. The predicted octanol–water partition coefficient (Wildman–Crippen LogP) is 3.57. The lowest BCUT2D eigenvalue weighted by molar-refractivity contribution is -0.119. The van der Waals surface area contributed by atoms with Gasteiger partial charge in [0.15, 0.2) is 0 Å². The molecule has 0 aliphatic carbocycles. The van der Waals surface area contributed by atoms with Gasteiger partial charge in [0.25, 0.3) is 0 Å². The van der Waals surface area contributed by atoms with Crippen molar-refractivity contribution in [2.45, 2.75) is 19.5 Å². The molecule has 0 aromatic carbocycles. The van der Waals surface area contributed by atoms with Crippen LogP contribution in [0.15, 0.2) is 24.5 Å². The number of aromatic nitrogens is 2. The molecule has 2 N–H and O–H groups in total. The maximum atomic E-state index is 12.8. The van der Waals surface area contributed by atoms with E-state index in [2.05, 4.69) is 9.36 Å². The molecule has 114 valence electrons. The lowest BCUT2D eigenvalue weighted by Crippen LogP contribution is -2.34. The third-order valence-electron chi connectivity index (χ3n) is 2.82. The van der Waals surface area contributed by atoms with Crippen LogP contribution in [0.1, 0.15) is 13.3 Å².